The van der Waals surface area contributed by atoms with Crippen molar-refractivity contribution in [3.63, 3.8) is 0 Å². The third kappa shape index (κ3) is 3.49. The molecule has 0 aromatic carbocycles. The Balaban J connectivity index is 1.65. The second-order valence-electron chi connectivity index (χ2n) is 7.03. The first-order chi connectivity index (χ1) is 11.6. The number of hydrogen-bond donors (Lipinski definition) is 0. The number of nitrogens with zero attached hydrogens (tertiary/aromatic N) is 3. The zero-order chi connectivity index (χ0) is 17.1. The maximum atomic E-state index is 12.8. The zero-order valence-corrected chi connectivity index (χ0v) is 15.0. The summed E-state index contributed by atoms with van der Waals surface area (Å²) in [7, 11) is 0. The molecule has 0 radical (unpaired) electrons. The normalized spacial score (nSPS) is 25.6. The molecule has 0 spiro atoms. The highest BCUT2D eigenvalue weighted by Crippen LogP contribution is 2.26. The zero-order valence-electron chi connectivity index (χ0n) is 15.0. The largest absolute Gasteiger partial charge is 0.379 e. The van der Waals surface area contributed by atoms with Gasteiger partial charge in [0.25, 0.3) is 5.91 Å². The van der Waals surface area contributed by atoms with E-state index in [1.165, 1.54) is 0 Å². The maximum Gasteiger partial charge on any atom is 0.292 e. The Morgan fingerprint density at radius 2 is 2.00 bits per heavy atom. The van der Waals surface area contributed by atoms with Gasteiger partial charge in [-0.2, -0.15) is 0 Å². The summed E-state index contributed by atoms with van der Waals surface area (Å²) in [5, 5.41) is 4.13. The number of carbonyl (C=O) groups excluding carboxylic acids is 1. The number of aromatic nitrogens is 1. The van der Waals surface area contributed by atoms with Gasteiger partial charge in [-0.05, 0) is 18.8 Å². The Bertz CT molecular complexity index is 549. The maximum absolute atomic E-state index is 12.8. The number of morpholine rings is 1. The van der Waals surface area contributed by atoms with Crippen molar-refractivity contribution < 1.29 is 14.1 Å². The molecule has 3 rings (SSSR count). The summed E-state index contributed by atoms with van der Waals surface area (Å²) < 4.78 is 10.8. The van der Waals surface area contributed by atoms with Crippen LogP contribution in [0.3, 0.4) is 0 Å². The van der Waals surface area contributed by atoms with Gasteiger partial charge < -0.3 is 14.2 Å². The molecule has 2 atom stereocenters. The van der Waals surface area contributed by atoms with Crippen molar-refractivity contribution in [3.8, 4) is 0 Å². The first-order valence-corrected chi connectivity index (χ1v) is 9.21. The molecule has 0 N–H and O–H groups in total. The van der Waals surface area contributed by atoms with Crippen LogP contribution in [0.4, 0.5) is 0 Å². The monoisotopic (exact) mass is 335 g/mol. The second-order valence-corrected chi connectivity index (χ2v) is 7.03. The molecule has 2 saturated heterocycles. The van der Waals surface area contributed by atoms with E-state index in [2.05, 4.69) is 30.8 Å². The van der Waals surface area contributed by atoms with Gasteiger partial charge in [0.1, 0.15) is 0 Å². The van der Waals surface area contributed by atoms with Crippen molar-refractivity contribution in [2.75, 3.05) is 39.4 Å². The fourth-order valence-corrected chi connectivity index (χ4v) is 3.94. The Labute approximate surface area is 144 Å². The molecule has 0 bridgehead atoms. The lowest BCUT2D eigenvalue weighted by Gasteiger charge is -2.33. The van der Waals surface area contributed by atoms with Gasteiger partial charge in [0.05, 0.1) is 18.9 Å². The minimum Gasteiger partial charge on any atom is -0.379 e. The molecule has 1 aromatic heterocycles. The fourth-order valence-electron chi connectivity index (χ4n) is 3.94. The molecule has 2 fully saturated rings. The van der Waals surface area contributed by atoms with E-state index in [0.29, 0.717) is 23.6 Å². The van der Waals surface area contributed by atoms with E-state index in [1.54, 1.807) is 0 Å². The second kappa shape index (κ2) is 7.66. The SMILES string of the molecule is CCC(CC)c1cc(C(=O)N2C[C@@H](C)[C@H](N3CCOCC3)C2)on1. The minimum atomic E-state index is -0.0256. The van der Waals surface area contributed by atoms with Gasteiger partial charge >= 0.3 is 0 Å². The summed E-state index contributed by atoms with van der Waals surface area (Å²) in [4.78, 5) is 17.2. The van der Waals surface area contributed by atoms with Gasteiger partial charge in [-0.15, -0.1) is 0 Å². The highest BCUT2D eigenvalue weighted by molar-refractivity contribution is 5.91. The summed E-state index contributed by atoms with van der Waals surface area (Å²) in [6, 6.07) is 2.26. The van der Waals surface area contributed by atoms with Crippen LogP contribution in [0.25, 0.3) is 0 Å². The van der Waals surface area contributed by atoms with Crippen LogP contribution >= 0.6 is 0 Å². The first kappa shape index (κ1) is 17.4. The molecule has 0 aliphatic carbocycles. The molecule has 24 heavy (non-hydrogen) atoms. The van der Waals surface area contributed by atoms with Crippen LogP contribution in [0.1, 0.15) is 55.8 Å². The van der Waals surface area contributed by atoms with Crippen LogP contribution in [0.5, 0.6) is 0 Å². The van der Waals surface area contributed by atoms with Crippen LogP contribution in [0.15, 0.2) is 10.6 Å². The Hall–Kier alpha value is -1.40. The summed E-state index contributed by atoms with van der Waals surface area (Å²) in [6.07, 6.45) is 2.02. The van der Waals surface area contributed by atoms with Crippen molar-refractivity contribution >= 4 is 5.91 Å². The van der Waals surface area contributed by atoms with Crippen molar-refractivity contribution in [2.24, 2.45) is 5.92 Å². The molecule has 1 amide bonds. The molecule has 1 aromatic rings. The third-order valence-electron chi connectivity index (χ3n) is 5.52. The minimum absolute atomic E-state index is 0.0256. The van der Waals surface area contributed by atoms with E-state index in [-0.39, 0.29) is 5.91 Å². The summed E-state index contributed by atoms with van der Waals surface area (Å²) >= 11 is 0. The Kier molecular flexibility index (Phi) is 5.56. The summed E-state index contributed by atoms with van der Waals surface area (Å²) in [5.41, 5.74) is 0.903. The molecule has 134 valence electrons. The first-order valence-electron chi connectivity index (χ1n) is 9.21. The van der Waals surface area contributed by atoms with Crippen molar-refractivity contribution in [1.29, 1.82) is 0 Å². The van der Waals surface area contributed by atoms with Crippen LogP contribution in [0, 0.1) is 5.92 Å². The molecule has 0 unspecified atom stereocenters. The predicted molar refractivity (Wildman–Crippen MR) is 91.1 cm³/mol. The molecule has 2 aliphatic rings. The lowest BCUT2D eigenvalue weighted by molar-refractivity contribution is 0.0118. The van der Waals surface area contributed by atoms with Gasteiger partial charge in [0, 0.05) is 44.2 Å². The van der Waals surface area contributed by atoms with Crippen LogP contribution in [-0.4, -0.2) is 66.3 Å². The van der Waals surface area contributed by atoms with E-state index in [1.807, 2.05) is 11.0 Å². The number of ether oxygens (including phenoxy) is 1. The number of hydrogen-bond acceptors (Lipinski definition) is 5. The molecule has 2 aliphatic heterocycles. The molecule has 0 saturated carbocycles. The summed E-state index contributed by atoms with van der Waals surface area (Å²) in [6.45, 7) is 11.5. The van der Waals surface area contributed by atoms with Gasteiger partial charge in [-0.1, -0.05) is 25.9 Å². The quantitative estimate of drug-likeness (QED) is 0.827. The van der Waals surface area contributed by atoms with Crippen molar-refractivity contribution in [1.82, 2.24) is 15.0 Å². The average Bonchev–Trinajstić information content (AvgIpc) is 3.23. The van der Waals surface area contributed by atoms with E-state index >= 15 is 0 Å². The number of rotatable bonds is 5. The van der Waals surface area contributed by atoms with Crippen LogP contribution in [0.2, 0.25) is 0 Å². The fraction of sp³-hybridized carbons (Fsp3) is 0.778. The van der Waals surface area contributed by atoms with Gasteiger partial charge in [0.2, 0.25) is 5.76 Å². The summed E-state index contributed by atoms with van der Waals surface area (Å²) in [5.74, 6) is 1.19. The van der Waals surface area contributed by atoms with E-state index in [4.69, 9.17) is 9.26 Å². The molecular formula is C18H29N3O3. The predicted octanol–water partition coefficient (Wildman–Crippen LogP) is 2.37. The number of amides is 1. The topological polar surface area (TPSA) is 58.8 Å². The van der Waals surface area contributed by atoms with Gasteiger partial charge in [0.15, 0.2) is 0 Å². The van der Waals surface area contributed by atoms with Crippen molar-refractivity contribution in [3.05, 3.63) is 17.5 Å². The lowest BCUT2D eigenvalue weighted by Crippen LogP contribution is -2.47. The van der Waals surface area contributed by atoms with Gasteiger partial charge in [-0.3, -0.25) is 9.69 Å². The van der Waals surface area contributed by atoms with Gasteiger partial charge in [-0.25, -0.2) is 0 Å². The molecule has 6 heteroatoms. The van der Waals surface area contributed by atoms with Crippen LogP contribution < -0.4 is 0 Å². The standard InChI is InChI=1S/C18H29N3O3/c1-4-14(5-2)15-10-17(24-19-15)18(22)21-11-13(3)16(12-21)20-6-8-23-9-7-20/h10,13-14,16H,4-9,11-12H2,1-3H3/t13-,16-/m1/s1. The van der Waals surface area contributed by atoms with E-state index in [0.717, 1.165) is 57.9 Å². The van der Waals surface area contributed by atoms with E-state index < -0.39 is 0 Å². The average molecular weight is 335 g/mol. The highest BCUT2D eigenvalue weighted by atomic mass is 16.5. The number of likely N-dealkylation sites (tertiary alicyclic amines) is 1. The molecular weight excluding hydrogens is 306 g/mol. The van der Waals surface area contributed by atoms with E-state index in [9.17, 15) is 4.79 Å². The Morgan fingerprint density at radius 1 is 1.29 bits per heavy atom. The number of carbonyl (C=O) groups is 1. The van der Waals surface area contributed by atoms with Crippen molar-refractivity contribution in [2.45, 2.75) is 45.6 Å². The molecule has 3 heterocycles. The lowest BCUT2D eigenvalue weighted by atomic mass is 9.99. The molecule has 6 nitrogen and oxygen atoms in total. The Morgan fingerprint density at radius 3 is 2.67 bits per heavy atom. The highest BCUT2D eigenvalue weighted by Gasteiger charge is 2.37. The smallest absolute Gasteiger partial charge is 0.292 e. The van der Waals surface area contributed by atoms with Crippen LogP contribution in [-0.2, 0) is 4.74 Å². The third-order valence-corrected chi connectivity index (χ3v) is 5.52.